The Morgan fingerprint density at radius 3 is 2.50 bits per heavy atom. The van der Waals surface area contributed by atoms with Gasteiger partial charge in [-0.25, -0.2) is 13.6 Å². The van der Waals surface area contributed by atoms with E-state index in [0.717, 1.165) is 25.1 Å². The van der Waals surface area contributed by atoms with Crippen molar-refractivity contribution in [1.29, 1.82) is 0 Å². The number of carbonyl (C=O) groups excluding carboxylic acids is 1. The van der Waals surface area contributed by atoms with Crippen LogP contribution in [0.5, 0.6) is 11.5 Å². The summed E-state index contributed by atoms with van der Waals surface area (Å²) < 4.78 is 79.3. The van der Waals surface area contributed by atoms with Crippen LogP contribution in [-0.2, 0) is 11.6 Å². The molecule has 2 N–H and O–H groups in total. The maximum Gasteiger partial charge on any atom is 0.419 e. The third-order valence-electron chi connectivity index (χ3n) is 7.44. The van der Waals surface area contributed by atoms with E-state index in [4.69, 9.17) is 9.47 Å². The first-order valence-corrected chi connectivity index (χ1v) is 11.6. The molecular weight excluding hydrogens is 485 g/mol. The second kappa shape index (κ2) is 9.76. The molecule has 1 aliphatic carbocycles. The van der Waals surface area contributed by atoms with Crippen LogP contribution in [0.25, 0.3) is 0 Å². The number of nitrogens with one attached hydrogen (secondary N) is 2. The molecule has 2 aliphatic rings. The number of likely N-dealkylation sites (N-methyl/N-ethyl adjacent to an activating group) is 1. The minimum Gasteiger partial charge on any atom is -0.493 e. The minimum atomic E-state index is -4.88. The van der Waals surface area contributed by atoms with Gasteiger partial charge in [-0.2, -0.15) is 13.2 Å². The zero-order valence-electron chi connectivity index (χ0n) is 20.1. The zero-order valence-corrected chi connectivity index (χ0v) is 20.1. The fourth-order valence-corrected chi connectivity index (χ4v) is 5.68. The highest BCUT2D eigenvalue weighted by molar-refractivity contribution is 5.89. The van der Waals surface area contributed by atoms with E-state index in [1.165, 1.54) is 14.2 Å². The highest BCUT2D eigenvalue weighted by Gasteiger charge is 2.52. The molecule has 0 bridgehead atoms. The topological polar surface area (TPSA) is 62.8 Å². The van der Waals surface area contributed by atoms with E-state index >= 15 is 4.39 Å². The average Bonchev–Trinajstić information content (AvgIpc) is 3.16. The Labute approximate surface area is 205 Å². The molecule has 0 radical (unpaired) electrons. The molecule has 3 atom stereocenters. The summed E-state index contributed by atoms with van der Waals surface area (Å²) in [6, 6.07) is 4.88. The number of anilines is 1. The van der Waals surface area contributed by atoms with Crippen LogP contribution in [0.3, 0.4) is 0 Å². The number of nitrogens with zero attached hydrogens (tertiary/aromatic N) is 1. The third-order valence-corrected chi connectivity index (χ3v) is 7.44. The van der Waals surface area contributed by atoms with Crippen molar-refractivity contribution >= 4 is 11.7 Å². The minimum absolute atomic E-state index is 0.0421. The number of halogens is 5. The van der Waals surface area contributed by atoms with Crippen LogP contribution < -0.4 is 20.1 Å². The molecule has 6 nitrogen and oxygen atoms in total. The second-order valence-corrected chi connectivity index (χ2v) is 9.30. The number of hydrogen-bond acceptors (Lipinski definition) is 4. The summed E-state index contributed by atoms with van der Waals surface area (Å²) in [5.41, 5.74) is -1.98. The number of ether oxygens (including phenoxy) is 2. The molecule has 2 aromatic carbocycles. The Bertz CT molecular complexity index is 1140. The SMILES string of the molecule is COc1ccc(C23CCC(NC(=O)Nc4cccc(C(F)(F)F)c4F)CC2N(C)CC3)c(F)c1OC. The normalized spacial score (nSPS) is 24.2. The summed E-state index contributed by atoms with van der Waals surface area (Å²) in [4.78, 5) is 14.7. The first-order valence-electron chi connectivity index (χ1n) is 11.6. The molecule has 1 heterocycles. The van der Waals surface area contributed by atoms with Gasteiger partial charge in [0.05, 0.1) is 25.5 Å². The van der Waals surface area contributed by atoms with Crippen molar-refractivity contribution in [2.45, 2.75) is 49.4 Å². The van der Waals surface area contributed by atoms with Gasteiger partial charge >= 0.3 is 12.2 Å². The van der Waals surface area contributed by atoms with Crippen molar-refractivity contribution < 1.29 is 36.2 Å². The summed E-state index contributed by atoms with van der Waals surface area (Å²) in [7, 11) is 4.76. The molecule has 2 aromatic rings. The van der Waals surface area contributed by atoms with Crippen LogP contribution in [0.15, 0.2) is 30.3 Å². The predicted molar refractivity (Wildman–Crippen MR) is 123 cm³/mol. The van der Waals surface area contributed by atoms with E-state index in [9.17, 15) is 22.4 Å². The zero-order chi connectivity index (χ0) is 26.3. The molecule has 4 rings (SSSR count). The Morgan fingerprint density at radius 1 is 1.08 bits per heavy atom. The maximum atomic E-state index is 15.6. The Balaban J connectivity index is 1.51. The fourth-order valence-electron chi connectivity index (χ4n) is 5.68. The lowest BCUT2D eigenvalue weighted by molar-refractivity contribution is -0.139. The molecule has 1 saturated carbocycles. The second-order valence-electron chi connectivity index (χ2n) is 9.30. The summed E-state index contributed by atoms with van der Waals surface area (Å²) in [5.74, 6) is -1.67. The summed E-state index contributed by atoms with van der Waals surface area (Å²) in [5, 5.41) is 4.94. The largest absolute Gasteiger partial charge is 0.493 e. The van der Waals surface area contributed by atoms with E-state index in [1.807, 2.05) is 7.05 Å². The van der Waals surface area contributed by atoms with E-state index in [1.54, 1.807) is 12.1 Å². The van der Waals surface area contributed by atoms with Gasteiger partial charge in [0.1, 0.15) is 0 Å². The van der Waals surface area contributed by atoms with Crippen LogP contribution in [0.4, 0.5) is 32.4 Å². The molecule has 2 fully saturated rings. The molecule has 196 valence electrons. The third kappa shape index (κ3) is 4.56. The number of amides is 2. The molecule has 1 saturated heterocycles. The molecule has 36 heavy (non-hydrogen) atoms. The van der Waals surface area contributed by atoms with Gasteiger partial charge in [0.15, 0.2) is 23.1 Å². The fraction of sp³-hybridized carbons (Fsp3) is 0.480. The van der Waals surface area contributed by atoms with Crippen LogP contribution in [0, 0.1) is 11.6 Å². The Kier molecular flexibility index (Phi) is 7.05. The van der Waals surface area contributed by atoms with Gasteiger partial charge in [-0.05, 0) is 63.0 Å². The van der Waals surface area contributed by atoms with Crippen molar-refractivity contribution in [3.63, 3.8) is 0 Å². The Hall–Kier alpha value is -3.08. The van der Waals surface area contributed by atoms with Gasteiger partial charge < -0.3 is 25.0 Å². The number of hydrogen-bond donors (Lipinski definition) is 2. The van der Waals surface area contributed by atoms with Crippen LogP contribution >= 0.6 is 0 Å². The van der Waals surface area contributed by atoms with Gasteiger partial charge in [-0.15, -0.1) is 0 Å². The van der Waals surface area contributed by atoms with Crippen molar-refractivity contribution in [3.05, 3.63) is 53.1 Å². The number of urea groups is 1. The summed E-state index contributed by atoms with van der Waals surface area (Å²) in [6.07, 6.45) is -2.59. The lowest BCUT2D eigenvalue weighted by Gasteiger charge is -2.45. The quantitative estimate of drug-likeness (QED) is 0.532. The van der Waals surface area contributed by atoms with Gasteiger partial charge in [-0.1, -0.05) is 12.1 Å². The van der Waals surface area contributed by atoms with Gasteiger partial charge in [0, 0.05) is 17.5 Å². The molecule has 11 heteroatoms. The number of rotatable bonds is 5. The number of fused-ring (bicyclic) bond motifs is 1. The lowest BCUT2D eigenvalue weighted by Crippen LogP contribution is -2.52. The van der Waals surface area contributed by atoms with Gasteiger partial charge in [0.2, 0.25) is 0 Å². The average molecular weight is 514 g/mol. The van der Waals surface area contributed by atoms with E-state index in [2.05, 4.69) is 15.5 Å². The number of benzene rings is 2. The lowest BCUT2D eigenvalue weighted by atomic mass is 9.65. The van der Waals surface area contributed by atoms with Crippen molar-refractivity contribution in [2.24, 2.45) is 0 Å². The molecule has 2 amide bonds. The number of carbonyl (C=O) groups is 1. The summed E-state index contributed by atoms with van der Waals surface area (Å²) in [6.45, 7) is 0.729. The van der Waals surface area contributed by atoms with E-state index in [0.29, 0.717) is 36.6 Å². The van der Waals surface area contributed by atoms with Crippen molar-refractivity contribution in [2.75, 3.05) is 33.1 Å². The first-order chi connectivity index (χ1) is 17.0. The van der Waals surface area contributed by atoms with Crippen molar-refractivity contribution in [1.82, 2.24) is 10.2 Å². The molecule has 0 aromatic heterocycles. The van der Waals surface area contributed by atoms with Gasteiger partial charge in [0.25, 0.3) is 0 Å². The number of alkyl halides is 3. The predicted octanol–water partition coefficient (Wildman–Crippen LogP) is 5.32. The Morgan fingerprint density at radius 2 is 1.83 bits per heavy atom. The van der Waals surface area contributed by atoms with Crippen LogP contribution in [-0.4, -0.2) is 50.8 Å². The number of methoxy groups -OCH3 is 2. The smallest absolute Gasteiger partial charge is 0.419 e. The molecule has 1 aliphatic heterocycles. The first kappa shape index (κ1) is 26.0. The maximum absolute atomic E-state index is 15.6. The molecular formula is C25H28F5N3O3. The highest BCUT2D eigenvalue weighted by Crippen LogP contribution is 2.51. The number of likely N-dealkylation sites (tertiary alicyclic amines) is 1. The van der Waals surface area contributed by atoms with E-state index < -0.39 is 40.5 Å². The van der Waals surface area contributed by atoms with Crippen molar-refractivity contribution in [3.8, 4) is 11.5 Å². The standard InChI is InChI=1S/C25H28F5N3O3/c1-33-12-11-24(15-7-8-18(35-2)22(36-3)21(15)27)10-9-14(13-19(24)33)31-23(34)32-17-6-4-5-16(20(17)26)25(28,29)30/h4-8,14,19H,9-13H2,1-3H3,(H2,31,32,34). The molecule has 0 spiro atoms. The van der Waals surface area contributed by atoms with Crippen LogP contribution in [0.2, 0.25) is 0 Å². The van der Waals surface area contributed by atoms with Crippen LogP contribution in [0.1, 0.15) is 36.8 Å². The van der Waals surface area contributed by atoms with E-state index in [-0.39, 0.29) is 17.8 Å². The molecule has 3 unspecified atom stereocenters. The summed E-state index contributed by atoms with van der Waals surface area (Å²) >= 11 is 0. The van der Waals surface area contributed by atoms with Gasteiger partial charge in [-0.3, -0.25) is 0 Å². The monoisotopic (exact) mass is 513 g/mol. The highest BCUT2D eigenvalue weighted by atomic mass is 19.4.